The molecule has 1 N–H and O–H groups in total. The van der Waals surface area contributed by atoms with Gasteiger partial charge in [0, 0.05) is 25.7 Å². The van der Waals surface area contributed by atoms with Gasteiger partial charge in [0.05, 0.1) is 6.54 Å². The number of likely N-dealkylation sites (N-methyl/N-ethyl adjacent to an activating group) is 1. The number of nitrogens with one attached hydrogen (secondary N) is 1. The largest absolute Gasteiger partial charge is 0.492 e. The van der Waals surface area contributed by atoms with Gasteiger partial charge in [-0.25, -0.2) is 4.99 Å². The maximum Gasteiger partial charge on any atom is 0.194 e. The van der Waals surface area contributed by atoms with Crippen molar-refractivity contribution in [3.8, 4) is 5.75 Å². The highest BCUT2D eigenvalue weighted by molar-refractivity contribution is 14.0. The van der Waals surface area contributed by atoms with E-state index >= 15 is 0 Å². The number of hydrogen-bond acceptors (Lipinski definition) is 4. The summed E-state index contributed by atoms with van der Waals surface area (Å²) in [6, 6.07) is 7.42. The number of ether oxygens (including phenoxy) is 1. The highest BCUT2D eigenvalue weighted by Crippen LogP contribution is 2.16. The summed E-state index contributed by atoms with van der Waals surface area (Å²) in [6.45, 7) is 6.69. The van der Waals surface area contributed by atoms with Crippen molar-refractivity contribution in [3.63, 3.8) is 0 Å². The van der Waals surface area contributed by atoms with Crippen LogP contribution in [0.5, 0.6) is 5.75 Å². The fraction of sp³-hybridized carbons (Fsp3) is 0.526. The van der Waals surface area contributed by atoms with Crippen LogP contribution in [-0.4, -0.2) is 52.4 Å². The Hall–Kier alpha value is -1.55. The van der Waals surface area contributed by atoms with E-state index in [1.54, 1.807) is 0 Å². The Morgan fingerprint density at radius 2 is 2.14 bits per heavy atom. The van der Waals surface area contributed by atoms with Crippen LogP contribution in [0, 0.1) is 6.92 Å². The predicted molar refractivity (Wildman–Crippen MR) is 125 cm³/mol. The van der Waals surface area contributed by atoms with E-state index in [2.05, 4.69) is 27.3 Å². The third kappa shape index (κ3) is 7.83. The van der Waals surface area contributed by atoms with Crippen LogP contribution in [0.15, 0.2) is 29.3 Å². The van der Waals surface area contributed by atoms with Crippen LogP contribution in [0.2, 0.25) is 5.02 Å². The lowest BCUT2D eigenvalue weighted by molar-refractivity contribution is 0.281. The number of unbranched alkanes of at least 4 members (excludes halogenated alkanes) is 1. The molecule has 0 radical (unpaired) electrons. The smallest absolute Gasteiger partial charge is 0.194 e. The average Bonchev–Trinajstić information content (AvgIpc) is 2.96. The van der Waals surface area contributed by atoms with E-state index in [9.17, 15) is 0 Å². The van der Waals surface area contributed by atoms with Gasteiger partial charge in [-0.15, -0.1) is 34.2 Å². The van der Waals surface area contributed by atoms with Gasteiger partial charge in [0.25, 0.3) is 0 Å². The molecule has 0 saturated carbocycles. The second kappa shape index (κ2) is 12.8. The zero-order valence-corrected chi connectivity index (χ0v) is 20.1. The molecule has 0 spiro atoms. The number of benzene rings is 1. The molecule has 7 nitrogen and oxygen atoms in total. The zero-order chi connectivity index (χ0) is 19.6. The molecule has 2 rings (SSSR count). The minimum absolute atomic E-state index is 0. The monoisotopic (exact) mass is 520 g/mol. The lowest BCUT2D eigenvalue weighted by atomic mass is 10.3. The summed E-state index contributed by atoms with van der Waals surface area (Å²) >= 11 is 5.99. The van der Waals surface area contributed by atoms with Gasteiger partial charge >= 0.3 is 0 Å². The Kier molecular flexibility index (Phi) is 11.2. The number of nitrogens with zero attached hydrogens (tertiary/aromatic N) is 5. The van der Waals surface area contributed by atoms with Crippen molar-refractivity contribution >= 4 is 41.5 Å². The number of hydrogen-bond donors (Lipinski definition) is 1. The maximum absolute atomic E-state index is 5.99. The Morgan fingerprint density at radius 3 is 2.79 bits per heavy atom. The number of aryl methyl sites for hydroxylation is 1. The predicted octanol–water partition coefficient (Wildman–Crippen LogP) is 3.65. The number of guanidine groups is 1. The molecule has 156 valence electrons. The molecule has 0 unspecified atom stereocenters. The molecule has 28 heavy (non-hydrogen) atoms. The van der Waals surface area contributed by atoms with E-state index in [0.717, 1.165) is 42.7 Å². The second-order valence-corrected chi connectivity index (χ2v) is 6.81. The maximum atomic E-state index is 5.99. The van der Waals surface area contributed by atoms with E-state index < -0.39 is 0 Å². The number of aromatic nitrogens is 3. The van der Waals surface area contributed by atoms with Gasteiger partial charge < -0.3 is 19.5 Å². The highest BCUT2D eigenvalue weighted by atomic mass is 127. The molecule has 0 aliphatic rings. The van der Waals surface area contributed by atoms with Crippen molar-refractivity contribution in [1.29, 1.82) is 0 Å². The minimum atomic E-state index is 0. The molecule has 0 saturated heterocycles. The Labute approximate surface area is 189 Å². The molecule has 0 bridgehead atoms. The third-order valence-corrected chi connectivity index (χ3v) is 4.45. The molecule has 0 fully saturated rings. The van der Waals surface area contributed by atoms with Gasteiger partial charge in [-0.3, -0.25) is 0 Å². The van der Waals surface area contributed by atoms with Crippen LogP contribution >= 0.6 is 35.6 Å². The summed E-state index contributed by atoms with van der Waals surface area (Å²) in [5.74, 6) is 3.32. The first-order valence-corrected chi connectivity index (χ1v) is 9.61. The van der Waals surface area contributed by atoms with E-state index in [0.29, 0.717) is 24.7 Å². The van der Waals surface area contributed by atoms with E-state index in [1.165, 1.54) is 0 Å². The molecule has 0 amide bonds. The lowest BCUT2D eigenvalue weighted by Crippen LogP contribution is -2.41. The molecule has 0 aliphatic carbocycles. The fourth-order valence-electron chi connectivity index (χ4n) is 2.39. The number of aliphatic imine (C=N–C) groups is 1. The van der Waals surface area contributed by atoms with Gasteiger partial charge in [-0.1, -0.05) is 31.0 Å². The van der Waals surface area contributed by atoms with Crippen molar-refractivity contribution in [1.82, 2.24) is 25.0 Å². The van der Waals surface area contributed by atoms with E-state index in [1.807, 2.05) is 49.9 Å². The molecule has 1 aromatic heterocycles. The Balaban J connectivity index is 0.00000392. The molecule has 0 atom stereocenters. The normalized spacial score (nSPS) is 11.1. The SMILES string of the molecule is CCCCNC(=NCc1nnc(C)n1C)N(C)CCOc1cccc(Cl)c1.I. The molecular weight excluding hydrogens is 491 g/mol. The standard InChI is InChI=1S/C19H29ClN6O.HI/c1-5-6-10-21-19(22-14-18-24-23-15(2)26(18)4)25(3)11-12-27-17-9-7-8-16(20)13-17;/h7-9,13H,5-6,10-12,14H2,1-4H3,(H,21,22);1H. The van der Waals surface area contributed by atoms with Crippen LogP contribution in [-0.2, 0) is 13.6 Å². The van der Waals surface area contributed by atoms with Crippen molar-refractivity contribution in [2.24, 2.45) is 12.0 Å². The van der Waals surface area contributed by atoms with Crippen LogP contribution in [0.3, 0.4) is 0 Å². The molecule has 9 heteroatoms. The van der Waals surface area contributed by atoms with Crippen LogP contribution < -0.4 is 10.1 Å². The Bertz CT molecular complexity index is 752. The topological polar surface area (TPSA) is 67.6 Å². The van der Waals surface area contributed by atoms with Crippen LogP contribution in [0.4, 0.5) is 0 Å². The first-order valence-electron chi connectivity index (χ1n) is 9.24. The van der Waals surface area contributed by atoms with Gasteiger partial charge in [0.15, 0.2) is 11.8 Å². The second-order valence-electron chi connectivity index (χ2n) is 6.37. The first kappa shape index (κ1) is 24.5. The number of halogens is 2. The van der Waals surface area contributed by atoms with E-state index in [-0.39, 0.29) is 24.0 Å². The van der Waals surface area contributed by atoms with Crippen LogP contribution in [0.1, 0.15) is 31.4 Å². The quantitative estimate of drug-likeness (QED) is 0.237. The van der Waals surface area contributed by atoms with Gasteiger partial charge in [-0.2, -0.15) is 0 Å². The third-order valence-electron chi connectivity index (χ3n) is 4.22. The highest BCUT2D eigenvalue weighted by Gasteiger charge is 2.09. The summed E-state index contributed by atoms with van der Waals surface area (Å²) in [6.07, 6.45) is 2.22. The van der Waals surface area contributed by atoms with E-state index in [4.69, 9.17) is 21.3 Å². The van der Waals surface area contributed by atoms with Crippen molar-refractivity contribution in [2.45, 2.75) is 33.2 Å². The fourth-order valence-corrected chi connectivity index (χ4v) is 2.57. The van der Waals surface area contributed by atoms with Crippen molar-refractivity contribution in [2.75, 3.05) is 26.7 Å². The van der Waals surface area contributed by atoms with Gasteiger partial charge in [-0.05, 0) is 31.5 Å². The molecule has 1 heterocycles. The molecular formula is C19H30ClIN6O. The lowest BCUT2D eigenvalue weighted by Gasteiger charge is -2.22. The summed E-state index contributed by atoms with van der Waals surface area (Å²) in [5, 5.41) is 12.3. The summed E-state index contributed by atoms with van der Waals surface area (Å²) in [5.41, 5.74) is 0. The molecule has 1 aromatic carbocycles. The summed E-state index contributed by atoms with van der Waals surface area (Å²) in [7, 11) is 3.95. The van der Waals surface area contributed by atoms with Gasteiger partial charge in [0.2, 0.25) is 0 Å². The number of rotatable bonds is 9. The Morgan fingerprint density at radius 1 is 1.36 bits per heavy atom. The summed E-state index contributed by atoms with van der Waals surface area (Å²) in [4.78, 5) is 6.77. The minimum Gasteiger partial charge on any atom is -0.492 e. The summed E-state index contributed by atoms with van der Waals surface area (Å²) < 4.78 is 7.74. The van der Waals surface area contributed by atoms with Crippen molar-refractivity contribution in [3.05, 3.63) is 40.9 Å². The molecule has 0 aliphatic heterocycles. The van der Waals surface area contributed by atoms with Crippen molar-refractivity contribution < 1.29 is 4.74 Å². The zero-order valence-electron chi connectivity index (χ0n) is 17.0. The van der Waals surface area contributed by atoms with Crippen LogP contribution in [0.25, 0.3) is 0 Å². The van der Waals surface area contributed by atoms with Gasteiger partial charge in [0.1, 0.15) is 24.7 Å². The average molecular weight is 521 g/mol. The first-order chi connectivity index (χ1) is 13.0. The molecule has 2 aromatic rings.